The molecule has 0 bridgehead atoms. The number of piperazine rings is 1. The third-order valence-electron chi connectivity index (χ3n) is 3.79. The molecule has 0 aromatic carbocycles. The summed E-state index contributed by atoms with van der Waals surface area (Å²) in [5.41, 5.74) is 0. The van der Waals surface area contributed by atoms with Crippen molar-refractivity contribution in [3.63, 3.8) is 0 Å². The van der Waals surface area contributed by atoms with Crippen LogP contribution in [0.3, 0.4) is 0 Å². The molecule has 1 heterocycles. The van der Waals surface area contributed by atoms with E-state index in [1.165, 1.54) is 45.3 Å². The van der Waals surface area contributed by atoms with Crippen molar-refractivity contribution in [2.45, 2.75) is 57.7 Å². The lowest BCUT2D eigenvalue weighted by molar-refractivity contribution is 0.0608. The number of hydrogen-bond donors (Lipinski definition) is 1. The summed E-state index contributed by atoms with van der Waals surface area (Å²) in [7, 11) is 0. The van der Waals surface area contributed by atoms with Gasteiger partial charge in [-0.2, -0.15) is 0 Å². The number of fused-ring (bicyclic) bond motifs is 1. The van der Waals surface area contributed by atoms with Crippen LogP contribution in [0.2, 0.25) is 0 Å². The van der Waals surface area contributed by atoms with Crippen molar-refractivity contribution in [1.29, 1.82) is 0 Å². The van der Waals surface area contributed by atoms with E-state index in [0.29, 0.717) is 6.10 Å². The van der Waals surface area contributed by atoms with E-state index in [1.807, 2.05) is 0 Å². The van der Waals surface area contributed by atoms with E-state index in [-0.39, 0.29) is 0 Å². The Bertz CT molecular complexity index is 208. The average molecular weight is 226 g/mol. The maximum absolute atomic E-state index is 5.60. The molecule has 2 atom stereocenters. The molecular formula is C13H26N2O. The summed E-state index contributed by atoms with van der Waals surface area (Å²) in [6.45, 7) is 8.75. The van der Waals surface area contributed by atoms with Gasteiger partial charge < -0.3 is 10.1 Å². The van der Waals surface area contributed by atoms with E-state index in [1.54, 1.807) is 0 Å². The topological polar surface area (TPSA) is 24.5 Å². The Morgan fingerprint density at radius 1 is 1.38 bits per heavy atom. The first-order valence-corrected chi connectivity index (χ1v) is 6.86. The van der Waals surface area contributed by atoms with E-state index in [9.17, 15) is 0 Å². The number of nitrogens with one attached hydrogen (secondary N) is 1. The Labute approximate surface area is 99.5 Å². The molecule has 0 spiro atoms. The van der Waals surface area contributed by atoms with Crippen LogP contribution in [0.5, 0.6) is 0 Å². The van der Waals surface area contributed by atoms with Gasteiger partial charge in [-0.15, -0.1) is 0 Å². The van der Waals surface area contributed by atoms with Crippen LogP contribution in [-0.2, 0) is 4.74 Å². The molecule has 1 saturated carbocycles. The standard InChI is InChI=1S/C13H26N2O/c1-11(2)16-10-4-8-15-9-7-14-12-5-3-6-13(12)15/h11-14H,3-10H2,1-2H3/t12-,13-/m1/s1. The van der Waals surface area contributed by atoms with Crippen LogP contribution in [-0.4, -0.2) is 49.3 Å². The molecule has 2 fully saturated rings. The van der Waals surface area contributed by atoms with Gasteiger partial charge in [0.1, 0.15) is 0 Å². The number of hydrogen-bond acceptors (Lipinski definition) is 3. The zero-order chi connectivity index (χ0) is 11.4. The van der Waals surface area contributed by atoms with Crippen molar-refractivity contribution in [2.75, 3.05) is 26.2 Å². The van der Waals surface area contributed by atoms with Crippen LogP contribution in [0, 0.1) is 0 Å². The first kappa shape index (κ1) is 12.3. The highest BCUT2D eigenvalue weighted by Crippen LogP contribution is 2.26. The van der Waals surface area contributed by atoms with E-state index >= 15 is 0 Å². The van der Waals surface area contributed by atoms with Gasteiger partial charge in [-0.05, 0) is 33.1 Å². The van der Waals surface area contributed by atoms with Gasteiger partial charge in [0.05, 0.1) is 6.10 Å². The van der Waals surface area contributed by atoms with E-state index < -0.39 is 0 Å². The lowest BCUT2D eigenvalue weighted by Crippen LogP contribution is -2.55. The highest BCUT2D eigenvalue weighted by atomic mass is 16.5. The summed E-state index contributed by atoms with van der Waals surface area (Å²) in [6, 6.07) is 1.59. The normalized spacial score (nSPS) is 30.9. The highest BCUT2D eigenvalue weighted by molar-refractivity contribution is 4.93. The van der Waals surface area contributed by atoms with Gasteiger partial charge in [-0.1, -0.05) is 6.42 Å². The minimum absolute atomic E-state index is 0.377. The first-order valence-electron chi connectivity index (χ1n) is 6.86. The maximum Gasteiger partial charge on any atom is 0.0518 e. The second-order valence-corrected chi connectivity index (χ2v) is 5.37. The summed E-state index contributed by atoms with van der Waals surface area (Å²) in [5, 5.41) is 3.65. The van der Waals surface area contributed by atoms with Gasteiger partial charge >= 0.3 is 0 Å². The zero-order valence-electron chi connectivity index (χ0n) is 10.7. The molecule has 0 amide bonds. The number of rotatable bonds is 5. The molecule has 0 radical (unpaired) electrons. The summed E-state index contributed by atoms with van der Waals surface area (Å²) in [4.78, 5) is 2.68. The molecule has 3 nitrogen and oxygen atoms in total. The van der Waals surface area contributed by atoms with Gasteiger partial charge in [0.25, 0.3) is 0 Å². The fourth-order valence-corrected chi connectivity index (χ4v) is 3.04. The average Bonchev–Trinajstić information content (AvgIpc) is 2.72. The molecular weight excluding hydrogens is 200 g/mol. The zero-order valence-corrected chi connectivity index (χ0v) is 10.7. The molecule has 2 rings (SSSR count). The number of nitrogens with zero attached hydrogens (tertiary/aromatic N) is 1. The van der Waals surface area contributed by atoms with Gasteiger partial charge in [-0.25, -0.2) is 0 Å². The molecule has 1 aliphatic carbocycles. The van der Waals surface area contributed by atoms with E-state index in [4.69, 9.17) is 4.74 Å². The van der Waals surface area contributed by atoms with Gasteiger partial charge in [0.2, 0.25) is 0 Å². The smallest absolute Gasteiger partial charge is 0.0518 e. The largest absolute Gasteiger partial charge is 0.379 e. The minimum atomic E-state index is 0.377. The monoisotopic (exact) mass is 226 g/mol. The molecule has 1 N–H and O–H groups in total. The predicted octanol–water partition coefficient (Wildman–Crippen LogP) is 1.63. The lowest BCUT2D eigenvalue weighted by Gasteiger charge is -2.38. The van der Waals surface area contributed by atoms with E-state index in [0.717, 1.165) is 18.7 Å². The second kappa shape index (κ2) is 5.99. The molecule has 94 valence electrons. The van der Waals surface area contributed by atoms with Crippen LogP contribution in [0.25, 0.3) is 0 Å². The minimum Gasteiger partial charge on any atom is -0.379 e. The highest BCUT2D eigenvalue weighted by Gasteiger charge is 2.34. The van der Waals surface area contributed by atoms with Crippen LogP contribution in [0.4, 0.5) is 0 Å². The molecule has 1 saturated heterocycles. The molecule has 0 unspecified atom stereocenters. The SMILES string of the molecule is CC(C)OCCCN1CCN[C@@H]2CCC[C@H]21. The summed E-state index contributed by atoms with van der Waals surface area (Å²) in [6.07, 6.45) is 5.73. The maximum atomic E-state index is 5.60. The number of ether oxygens (including phenoxy) is 1. The Balaban J connectivity index is 1.68. The molecule has 16 heavy (non-hydrogen) atoms. The Morgan fingerprint density at radius 3 is 3.06 bits per heavy atom. The van der Waals surface area contributed by atoms with Crippen molar-refractivity contribution in [3.05, 3.63) is 0 Å². The van der Waals surface area contributed by atoms with Crippen LogP contribution < -0.4 is 5.32 Å². The van der Waals surface area contributed by atoms with Crippen LogP contribution in [0.15, 0.2) is 0 Å². The van der Waals surface area contributed by atoms with Crippen molar-refractivity contribution >= 4 is 0 Å². The summed E-state index contributed by atoms with van der Waals surface area (Å²) < 4.78 is 5.60. The second-order valence-electron chi connectivity index (χ2n) is 5.37. The Morgan fingerprint density at radius 2 is 2.25 bits per heavy atom. The summed E-state index contributed by atoms with van der Waals surface area (Å²) in [5.74, 6) is 0. The van der Waals surface area contributed by atoms with Gasteiger partial charge in [-0.3, -0.25) is 4.90 Å². The quantitative estimate of drug-likeness (QED) is 0.721. The van der Waals surface area contributed by atoms with Crippen LogP contribution >= 0.6 is 0 Å². The van der Waals surface area contributed by atoms with Gasteiger partial charge in [0, 0.05) is 38.3 Å². The molecule has 0 aromatic rings. The predicted molar refractivity (Wildman–Crippen MR) is 66.7 cm³/mol. The Hall–Kier alpha value is -0.120. The lowest BCUT2D eigenvalue weighted by atomic mass is 10.1. The first-order chi connectivity index (χ1) is 7.77. The fourth-order valence-electron chi connectivity index (χ4n) is 3.04. The molecule has 1 aliphatic heterocycles. The molecule has 3 heteroatoms. The van der Waals surface area contributed by atoms with Crippen LogP contribution in [0.1, 0.15) is 39.5 Å². The third-order valence-corrected chi connectivity index (χ3v) is 3.79. The van der Waals surface area contributed by atoms with Crippen molar-refractivity contribution in [2.24, 2.45) is 0 Å². The third kappa shape index (κ3) is 3.19. The van der Waals surface area contributed by atoms with Crippen molar-refractivity contribution in [1.82, 2.24) is 10.2 Å². The van der Waals surface area contributed by atoms with Crippen molar-refractivity contribution < 1.29 is 4.74 Å². The van der Waals surface area contributed by atoms with Crippen molar-refractivity contribution in [3.8, 4) is 0 Å². The fraction of sp³-hybridized carbons (Fsp3) is 1.00. The summed E-state index contributed by atoms with van der Waals surface area (Å²) >= 11 is 0. The Kier molecular flexibility index (Phi) is 4.62. The molecule has 0 aromatic heterocycles. The molecule has 2 aliphatic rings. The van der Waals surface area contributed by atoms with Gasteiger partial charge in [0.15, 0.2) is 0 Å². The van der Waals surface area contributed by atoms with E-state index in [2.05, 4.69) is 24.1 Å².